The van der Waals surface area contributed by atoms with E-state index in [1.54, 1.807) is 0 Å². The molecule has 2 rings (SSSR count). The van der Waals surface area contributed by atoms with Crippen LogP contribution in [0.25, 0.3) is 0 Å². The van der Waals surface area contributed by atoms with Gasteiger partial charge in [-0.15, -0.1) is 0 Å². The van der Waals surface area contributed by atoms with Gasteiger partial charge in [-0.3, -0.25) is 4.98 Å². The highest BCUT2D eigenvalue weighted by molar-refractivity contribution is 9.10. The first kappa shape index (κ1) is 14.2. The number of pyridine rings is 1. The van der Waals surface area contributed by atoms with Gasteiger partial charge in [-0.05, 0) is 44.2 Å². The number of aryl methyl sites for hydroxylation is 2. The Bertz CT molecular complexity index is 566. The second-order valence-electron chi connectivity index (χ2n) is 4.84. The van der Waals surface area contributed by atoms with E-state index in [0.29, 0.717) is 0 Å². The van der Waals surface area contributed by atoms with Crippen molar-refractivity contribution in [3.63, 3.8) is 0 Å². The third kappa shape index (κ3) is 3.43. The van der Waals surface area contributed by atoms with Crippen LogP contribution >= 0.6 is 15.9 Å². The minimum absolute atomic E-state index is 0.267. The van der Waals surface area contributed by atoms with Crippen molar-refractivity contribution >= 4 is 15.9 Å². The molecular formula is C16H19BrN2. The van der Waals surface area contributed by atoms with Gasteiger partial charge in [-0.2, -0.15) is 0 Å². The maximum atomic E-state index is 4.49. The van der Waals surface area contributed by atoms with Crippen LogP contribution in [0.15, 0.2) is 41.0 Å². The third-order valence-corrected chi connectivity index (χ3v) is 4.11. The van der Waals surface area contributed by atoms with E-state index < -0.39 is 0 Å². The van der Waals surface area contributed by atoms with Crippen molar-refractivity contribution in [2.45, 2.75) is 26.3 Å². The minimum Gasteiger partial charge on any atom is -0.313 e. The second kappa shape index (κ2) is 6.31. The molecule has 0 aliphatic heterocycles. The Hall–Kier alpha value is -1.19. The summed E-state index contributed by atoms with van der Waals surface area (Å²) in [5, 5.41) is 3.39. The molecule has 2 aromatic rings. The first-order chi connectivity index (χ1) is 9.11. The van der Waals surface area contributed by atoms with Crippen molar-refractivity contribution < 1.29 is 0 Å². The number of nitrogens with zero attached hydrogens (tertiary/aromatic N) is 1. The number of halogens is 1. The highest BCUT2D eigenvalue weighted by Crippen LogP contribution is 2.27. The standard InChI is InChI=1S/C16H19BrN2/c1-11-6-7-14(17)13(9-11)16(18-3)10-15-12(2)5-4-8-19-15/h4-9,16,18H,10H2,1-3H3. The summed E-state index contributed by atoms with van der Waals surface area (Å²) in [5.74, 6) is 0. The van der Waals surface area contributed by atoms with Gasteiger partial charge in [0.15, 0.2) is 0 Å². The van der Waals surface area contributed by atoms with E-state index in [9.17, 15) is 0 Å². The predicted molar refractivity (Wildman–Crippen MR) is 83.4 cm³/mol. The minimum atomic E-state index is 0.267. The Morgan fingerprint density at radius 3 is 2.74 bits per heavy atom. The van der Waals surface area contributed by atoms with Gasteiger partial charge in [-0.1, -0.05) is 39.7 Å². The van der Waals surface area contributed by atoms with E-state index in [0.717, 1.165) is 16.6 Å². The van der Waals surface area contributed by atoms with Crippen LogP contribution in [0.1, 0.15) is 28.4 Å². The zero-order chi connectivity index (χ0) is 13.8. The van der Waals surface area contributed by atoms with Gasteiger partial charge in [0, 0.05) is 28.8 Å². The summed E-state index contributed by atoms with van der Waals surface area (Å²) in [6.45, 7) is 4.23. The van der Waals surface area contributed by atoms with E-state index >= 15 is 0 Å². The van der Waals surface area contributed by atoms with Crippen molar-refractivity contribution in [3.8, 4) is 0 Å². The first-order valence-corrected chi connectivity index (χ1v) is 7.25. The molecule has 0 aliphatic carbocycles. The highest BCUT2D eigenvalue weighted by Gasteiger charge is 2.15. The number of aromatic nitrogens is 1. The Labute approximate surface area is 123 Å². The van der Waals surface area contributed by atoms with Gasteiger partial charge in [-0.25, -0.2) is 0 Å². The number of benzene rings is 1. The van der Waals surface area contributed by atoms with Gasteiger partial charge in [0.1, 0.15) is 0 Å². The van der Waals surface area contributed by atoms with Crippen molar-refractivity contribution in [3.05, 3.63) is 63.4 Å². The molecule has 3 heteroatoms. The number of likely N-dealkylation sites (N-methyl/N-ethyl adjacent to an activating group) is 1. The SMILES string of the molecule is CNC(Cc1ncccc1C)c1cc(C)ccc1Br. The van der Waals surface area contributed by atoms with E-state index in [1.807, 2.05) is 19.3 Å². The summed E-state index contributed by atoms with van der Waals surface area (Å²) in [6.07, 6.45) is 2.76. The van der Waals surface area contributed by atoms with Gasteiger partial charge in [0.05, 0.1) is 0 Å². The summed E-state index contributed by atoms with van der Waals surface area (Å²) in [4.78, 5) is 4.49. The smallest absolute Gasteiger partial charge is 0.0451 e. The Morgan fingerprint density at radius 2 is 2.05 bits per heavy atom. The first-order valence-electron chi connectivity index (χ1n) is 6.45. The van der Waals surface area contributed by atoms with Gasteiger partial charge >= 0.3 is 0 Å². The van der Waals surface area contributed by atoms with Crippen LogP contribution in [0, 0.1) is 13.8 Å². The molecule has 0 spiro atoms. The second-order valence-corrected chi connectivity index (χ2v) is 5.69. The van der Waals surface area contributed by atoms with E-state index in [2.05, 4.69) is 64.3 Å². The molecule has 1 aromatic carbocycles. The molecule has 0 fully saturated rings. The summed E-state index contributed by atoms with van der Waals surface area (Å²) >= 11 is 3.64. The molecule has 1 atom stereocenters. The lowest BCUT2D eigenvalue weighted by molar-refractivity contribution is 0.580. The lowest BCUT2D eigenvalue weighted by Gasteiger charge is -2.19. The van der Waals surface area contributed by atoms with Crippen LogP contribution in [0.4, 0.5) is 0 Å². The van der Waals surface area contributed by atoms with Crippen molar-refractivity contribution in [1.82, 2.24) is 10.3 Å². The normalized spacial score (nSPS) is 12.4. The molecule has 1 unspecified atom stereocenters. The Morgan fingerprint density at radius 1 is 1.26 bits per heavy atom. The summed E-state index contributed by atoms with van der Waals surface area (Å²) < 4.78 is 1.14. The molecule has 19 heavy (non-hydrogen) atoms. The van der Waals surface area contributed by atoms with Crippen LogP contribution in [0.2, 0.25) is 0 Å². The molecule has 0 saturated heterocycles. The third-order valence-electron chi connectivity index (χ3n) is 3.39. The monoisotopic (exact) mass is 318 g/mol. The topological polar surface area (TPSA) is 24.9 Å². The van der Waals surface area contributed by atoms with E-state index in [4.69, 9.17) is 0 Å². The van der Waals surface area contributed by atoms with E-state index in [-0.39, 0.29) is 6.04 Å². The highest BCUT2D eigenvalue weighted by atomic mass is 79.9. The van der Waals surface area contributed by atoms with Crippen LogP contribution in [-0.4, -0.2) is 12.0 Å². The fourth-order valence-electron chi connectivity index (χ4n) is 2.22. The number of rotatable bonds is 4. The van der Waals surface area contributed by atoms with Crippen LogP contribution in [-0.2, 0) is 6.42 Å². The van der Waals surface area contributed by atoms with Gasteiger partial charge in [0.2, 0.25) is 0 Å². The van der Waals surface area contributed by atoms with Crippen LogP contribution in [0.5, 0.6) is 0 Å². The number of hydrogen-bond donors (Lipinski definition) is 1. The van der Waals surface area contributed by atoms with Crippen molar-refractivity contribution in [2.24, 2.45) is 0 Å². The average molecular weight is 319 g/mol. The van der Waals surface area contributed by atoms with Crippen LogP contribution < -0.4 is 5.32 Å². The van der Waals surface area contributed by atoms with Gasteiger partial charge < -0.3 is 5.32 Å². The molecular weight excluding hydrogens is 300 g/mol. The van der Waals surface area contributed by atoms with E-state index in [1.165, 1.54) is 16.7 Å². The number of nitrogens with one attached hydrogen (secondary N) is 1. The molecule has 100 valence electrons. The quantitative estimate of drug-likeness (QED) is 0.922. The zero-order valence-electron chi connectivity index (χ0n) is 11.6. The lowest BCUT2D eigenvalue weighted by Crippen LogP contribution is -2.20. The molecule has 0 amide bonds. The molecule has 1 heterocycles. The van der Waals surface area contributed by atoms with Crippen molar-refractivity contribution in [1.29, 1.82) is 0 Å². The van der Waals surface area contributed by atoms with Crippen LogP contribution in [0.3, 0.4) is 0 Å². The maximum Gasteiger partial charge on any atom is 0.0451 e. The summed E-state index contributed by atoms with van der Waals surface area (Å²) in [7, 11) is 2.00. The molecule has 0 aliphatic rings. The molecule has 0 saturated carbocycles. The predicted octanol–water partition coefficient (Wildman–Crippen LogP) is 3.96. The molecule has 2 nitrogen and oxygen atoms in total. The lowest BCUT2D eigenvalue weighted by atomic mass is 9.98. The Kier molecular flexibility index (Phi) is 4.72. The average Bonchev–Trinajstić information content (AvgIpc) is 2.41. The zero-order valence-corrected chi connectivity index (χ0v) is 13.2. The maximum absolute atomic E-state index is 4.49. The number of hydrogen-bond acceptors (Lipinski definition) is 2. The molecule has 0 radical (unpaired) electrons. The fourth-order valence-corrected chi connectivity index (χ4v) is 2.75. The van der Waals surface area contributed by atoms with Gasteiger partial charge in [0.25, 0.3) is 0 Å². The van der Waals surface area contributed by atoms with Crippen molar-refractivity contribution in [2.75, 3.05) is 7.05 Å². The fraction of sp³-hybridized carbons (Fsp3) is 0.312. The molecule has 1 N–H and O–H groups in total. The summed E-state index contributed by atoms with van der Waals surface area (Å²) in [5.41, 5.74) is 4.95. The Balaban J connectivity index is 2.30. The molecule has 0 bridgehead atoms. The summed E-state index contributed by atoms with van der Waals surface area (Å²) in [6, 6.07) is 10.8. The molecule has 1 aromatic heterocycles. The largest absolute Gasteiger partial charge is 0.313 e.